The molecule has 0 bridgehead atoms. The molecule has 1 fully saturated rings. The summed E-state index contributed by atoms with van der Waals surface area (Å²) in [5.41, 5.74) is 0. The minimum Gasteiger partial charge on any atom is -0.481 e. The van der Waals surface area contributed by atoms with Gasteiger partial charge in [0, 0.05) is 24.1 Å². The number of hydrogen-bond acceptors (Lipinski definition) is 4. The topological polar surface area (TPSA) is 66.8 Å². The van der Waals surface area contributed by atoms with Gasteiger partial charge in [-0.3, -0.25) is 9.59 Å². The highest BCUT2D eigenvalue weighted by atomic mass is 32.2. The predicted octanol–water partition coefficient (Wildman–Crippen LogP) is 2.15. The van der Waals surface area contributed by atoms with Crippen LogP contribution in [0.1, 0.15) is 13.3 Å². The van der Waals surface area contributed by atoms with E-state index in [2.05, 4.69) is 0 Å². The van der Waals surface area contributed by atoms with Crippen LogP contribution in [0.4, 0.5) is 8.78 Å². The molecule has 0 spiro atoms. The quantitative estimate of drug-likeness (QED) is 0.886. The van der Waals surface area contributed by atoms with Gasteiger partial charge in [-0.25, -0.2) is 8.78 Å². The fourth-order valence-electron chi connectivity index (χ4n) is 2.35. The molecule has 1 aromatic rings. The van der Waals surface area contributed by atoms with Crippen LogP contribution < -0.4 is 4.74 Å². The number of carbonyl (C=O) groups excluding carboxylic acids is 1. The van der Waals surface area contributed by atoms with Crippen LogP contribution in [-0.2, 0) is 9.59 Å². The van der Waals surface area contributed by atoms with Gasteiger partial charge in [0.1, 0.15) is 5.75 Å². The maximum absolute atomic E-state index is 13.2. The first-order chi connectivity index (χ1) is 10.9. The van der Waals surface area contributed by atoms with Crippen molar-refractivity contribution in [2.45, 2.75) is 25.5 Å². The second-order valence-corrected chi connectivity index (χ2v) is 6.34. The Bertz CT molecular complexity index is 599. The van der Waals surface area contributed by atoms with Crippen LogP contribution in [-0.4, -0.2) is 52.1 Å². The lowest BCUT2D eigenvalue weighted by Gasteiger charge is -2.36. The lowest BCUT2D eigenvalue weighted by molar-refractivity contribution is -0.143. The van der Waals surface area contributed by atoms with Gasteiger partial charge in [0.2, 0.25) is 0 Å². The molecule has 2 atom stereocenters. The van der Waals surface area contributed by atoms with E-state index in [9.17, 15) is 18.4 Å². The third kappa shape index (κ3) is 4.57. The second kappa shape index (κ2) is 7.63. The highest BCUT2D eigenvalue weighted by Gasteiger charge is 2.32. The third-order valence-electron chi connectivity index (χ3n) is 3.47. The van der Waals surface area contributed by atoms with E-state index in [-0.39, 0.29) is 18.1 Å². The Balaban J connectivity index is 2.04. The molecule has 1 amide bonds. The van der Waals surface area contributed by atoms with Gasteiger partial charge in [0.05, 0.1) is 12.5 Å². The zero-order chi connectivity index (χ0) is 17.0. The maximum Gasteiger partial charge on any atom is 0.305 e. The average molecular weight is 345 g/mol. The number of ether oxygens (including phenoxy) is 1. The fourth-order valence-corrected chi connectivity index (χ4v) is 3.42. The van der Waals surface area contributed by atoms with Crippen molar-refractivity contribution in [3.05, 3.63) is 29.8 Å². The van der Waals surface area contributed by atoms with Gasteiger partial charge < -0.3 is 14.7 Å². The Morgan fingerprint density at radius 1 is 1.43 bits per heavy atom. The highest BCUT2D eigenvalue weighted by molar-refractivity contribution is 7.99. The molecule has 1 aromatic carbocycles. The summed E-state index contributed by atoms with van der Waals surface area (Å²) in [7, 11) is 0. The summed E-state index contributed by atoms with van der Waals surface area (Å²) in [5, 5.41) is 8.94. The SMILES string of the molecule is CC(Oc1ccc(F)c(F)c1)C(=O)N1CCSCC1CC(=O)O. The number of hydrogen-bond donors (Lipinski definition) is 1. The summed E-state index contributed by atoms with van der Waals surface area (Å²) >= 11 is 1.60. The van der Waals surface area contributed by atoms with Crippen LogP contribution in [0.2, 0.25) is 0 Å². The van der Waals surface area contributed by atoms with Gasteiger partial charge in [0.15, 0.2) is 17.7 Å². The molecule has 23 heavy (non-hydrogen) atoms. The summed E-state index contributed by atoms with van der Waals surface area (Å²) in [6.07, 6.45) is -1.05. The van der Waals surface area contributed by atoms with E-state index in [4.69, 9.17) is 9.84 Å². The lowest BCUT2D eigenvalue weighted by atomic mass is 10.1. The fraction of sp³-hybridized carbons (Fsp3) is 0.467. The van der Waals surface area contributed by atoms with Crippen LogP contribution >= 0.6 is 11.8 Å². The van der Waals surface area contributed by atoms with E-state index in [1.165, 1.54) is 17.9 Å². The van der Waals surface area contributed by atoms with Crippen LogP contribution in [0.25, 0.3) is 0 Å². The van der Waals surface area contributed by atoms with Gasteiger partial charge in [0.25, 0.3) is 5.91 Å². The summed E-state index contributed by atoms with van der Waals surface area (Å²) in [6, 6.07) is 2.64. The highest BCUT2D eigenvalue weighted by Crippen LogP contribution is 2.22. The summed E-state index contributed by atoms with van der Waals surface area (Å²) in [5.74, 6) is -2.06. The maximum atomic E-state index is 13.2. The van der Waals surface area contributed by atoms with E-state index in [0.717, 1.165) is 17.9 Å². The second-order valence-electron chi connectivity index (χ2n) is 5.19. The predicted molar refractivity (Wildman–Crippen MR) is 81.5 cm³/mol. The van der Waals surface area contributed by atoms with Crippen molar-refractivity contribution >= 4 is 23.6 Å². The number of nitrogens with zero attached hydrogens (tertiary/aromatic N) is 1. The van der Waals surface area contributed by atoms with E-state index in [0.29, 0.717) is 12.3 Å². The van der Waals surface area contributed by atoms with E-state index in [1.807, 2.05) is 0 Å². The summed E-state index contributed by atoms with van der Waals surface area (Å²) in [6.45, 7) is 1.94. The molecule has 1 heterocycles. The molecule has 126 valence electrons. The van der Waals surface area contributed by atoms with Crippen molar-refractivity contribution in [3.63, 3.8) is 0 Å². The number of rotatable bonds is 5. The van der Waals surface area contributed by atoms with Crippen molar-refractivity contribution in [3.8, 4) is 5.75 Å². The number of halogens is 2. The third-order valence-corrected chi connectivity index (χ3v) is 4.56. The van der Waals surface area contributed by atoms with Crippen LogP contribution in [0.15, 0.2) is 18.2 Å². The molecule has 1 aliphatic heterocycles. The lowest BCUT2D eigenvalue weighted by Crippen LogP contribution is -2.51. The number of aliphatic carboxylic acids is 1. The molecule has 0 radical (unpaired) electrons. The molecular formula is C15H17F2NO4S. The molecule has 2 rings (SSSR count). The molecule has 5 nitrogen and oxygen atoms in total. The minimum atomic E-state index is -1.06. The molecule has 2 unspecified atom stereocenters. The zero-order valence-electron chi connectivity index (χ0n) is 12.5. The van der Waals surface area contributed by atoms with Gasteiger partial charge in [-0.2, -0.15) is 11.8 Å². The number of benzene rings is 1. The van der Waals surface area contributed by atoms with Crippen LogP contribution in [0.5, 0.6) is 5.75 Å². The Kier molecular flexibility index (Phi) is 5.81. The first kappa shape index (κ1) is 17.5. The zero-order valence-corrected chi connectivity index (χ0v) is 13.3. The summed E-state index contributed by atoms with van der Waals surface area (Å²) < 4.78 is 31.4. The average Bonchev–Trinajstić information content (AvgIpc) is 2.50. The van der Waals surface area contributed by atoms with Crippen molar-refractivity contribution < 1.29 is 28.2 Å². The van der Waals surface area contributed by atoms with E-state index in [1.54, 1.807) is 11.8 Å². The Labute approximate surface area is 136 Å². The van der Waals surface area contributed by atoms with Crippen molar-refractivity contribution in [1.82, 2.24) is 4.90 Å². The molecular weight excluding hydrogens is 328 g/mol. The molecule has 0 aromatic heterocycles. The molecule has 1 aliphatic rings. The standard InChI is InChI=1S/C15H17F2NO4S/c1-9(22-11-2-3-12(16)13(17)7-11)15(21)18-4-5-23-8-10(18)6-14(19)20/h2-3,7,9-10H,4-6,8H2,1H3,(H,19,20). The molecule has 1 saturated heterocycles. The minimum absolute atomic E-state index is 0.0471. The Hall–Kier alpha value is -1.83. The number of thioether (sulfide) groups is 1. The van der Waals surface area contributed by atoms with Crippen LogP contribution in [0, 0.1) is 11.6 Å². The van der Waals surface area contributed by atoms with Gasteiger partial charge in [-0.1, -0.05) is 0 Å². The van der Waals surface area contributed by atoms with E-state index < -0.39 is 29.7 Å². The molecule has 0 saturated carbocycles. The number of carboxylic acid groups (broad SMARTS) is 1. The first-order valence-electron chi connectivity index (χ1n) is 7.10. The number of amides is 1. The molecule has 8 heteroatoms. The molecule has 1 N–H and O–H groups in total. The molecule has 0 aliphatic carbocycles. The largest absolute Gasteiger partial charge is 0.481 e. The van der Waals surface area contributed by atoms with Crippen molar-refractivity contribution in [2.24, 2.45) is 0 Å². The van der Waals surface area contributed by atoms with Crippen molar-refractivity contribution in [1.29, 1.82) is 0 Å². The van der Waals surface area contributed by atoms with E-state index >= 15 is 0 Å². The first-order valence-corrected chi connectivity index (χ1v) is 8.25. The normalized spacial score (nSPS) is 19.3. The number of carbonyl (C=O) groups is 2. The van der Waals surface area contributed by atoms with Crippen molar-refractivity contribution in [2.75, 3.05) is 18.1 Å². The van der Waals surface area contributed by atoms with Gasteiger partial charge in [-0.15, -0.1) is 0 Å². The monoisotopic (exact) mass is 345 g/mol. The summed E-state index contributed by atoms with van der Waals surface area (Å²) in [4.78, 5) is 24.9. The number of carboxylic acids is 1. The Morgan fingerprint density at radius 2 is 2.17 bits per heavy atom. The van der Waals surface area contributed by atoms with Gasteiger partial charge >= 0.3 is 5.97 Å². The van der Waals surface area contributed by atoms with Crippen LogP contribution in [0.3, 0.4) is 0 Å². The van der Waals surface area contributed by atoms with Gasteiger partial charge in [-0.05, 0) is 19.1 Å². The Morgan fingerprint density at radius 3 is 2.83 bits per heavy atom. The smallest absolute Gasteiger partial charge is 0.305 e.